The van der Waals surface area contributed by atoms with Crippen LogP contribution in [0.3, 0.4) is 0 Å². The van der Waals surface area contributed by atoms with Gasteiger partial charge in [-0.05, 0) is 36.8 Å². The summed E-state index contributed by atoms with van der Waals surface area (Å²) in [5.74, 6) is -0.558. The summed E-state index contributed by atoms with van der Waals surface area (Å²) in [6, 6.07) is 7.87. The monoisotopic (exact) mass is 344 g/mol. The average Bonchev–Trinajstić information content (AvgIpc) is 2.59. The first-order valence-corrected chi connectivity index (χ1v) is 8.71. The largest absolute Gasteiger partial charge is 0.364 e. The highest BCUT2D eigenvalue weighted by molar-refractivity contribution is 7.80. The van der Waals surface area contributed by atoms with Gasteiger partial charge in [-0.25, -0.2) is 0 Å². The third kappa shape index (κ3) is 2.08. The zero-order valence-corrected chi connectivity index (χ0v) is 14.4. The number of nitrogens with zero attached hydrogens (tertiary/aromatic N) is 2. The summed E-state index contributed by atoms with van der Waals surface area (Å²) in [5.41, 5.74) is 1.04. The van der Waals surface area contributed by atoms with Crippen molar-refractivity contribution in [1.29, 1.82) is 0 Å². The van der Waals surface area contributed by atoms with E-state index in [1.807, 2.05) is 18.2 Å². The molecule has 24 heavy (non-hydrogen) atoms. The Balaban J connectivity index is 1.85. The van der Waals surface area contributed by atoms with Crippen molar-refractivity contribution in [2.45, 2.75) is 19.4 Å². The van der Waals surface area contributed by atoms with Gasteiger partial charge in [0.15, 0.2) is 10.5 Å². The number of carbonyl (C=O) groups excluding carboxylic acids is 2. The summed E-state index contributed by atoms with van der Waals surface area (Å²) in [6.07, 6.45) is 0.405. The number of amides is 2. The SMILES string of the molecule is CCN1CCN2c3ccccc3CC3(C(=O)NC(=S)NC3=O)C2C1. The molecule has 3 heterocycles. The van der Waals surface area contributed by atoms with Crippen LogP contribution in [-0.4, -0.2) is 54.0 Å². The van der Waals surface area contributed by atoms with Crippen molar-refractivity contribution in [1.82, 2.24) is 15.5 Å². The molecule has 1 unspecified atom stereocenters. The molecule has 3 aliphatic heterocycles. The molecule has 0 aromatic heterocycles. The lowest BCUT2D eigenvalue weighted by Gasteiger charge is -2.54. The van der Waals surface area contributed by atoms with E-state index in [0.717, 1.165) is 30.9 Å². The summed E-state index contributed by atoms with van der Waals surface area (Å²) >= 11 is 5.00. The summed E-state index contributed by atoms with van der Waals surface area (Å²) in [4.78, 5) is 30.4. The van der Waals surface area contributed by atoms with Crippen LogP contribution in [0.1, 0.15) is 12.5 Å². The minimum atomic E-state index is -1.13. The molecule has 4 rings (SSSR count). The van der Waals surface area contributed by atoms with E-state index < -0.39 is 5.41 Å². The Bertz CT molecular complexity index is 715. The second-order valence-corrected chi connectivity index (χ2v) is 7.02. The number of hydrogen-bond acceptors (Lipinski definition) is 5. The standard InChI is InChI=1S/C17H20N4O2S/c1-2-20-7-8-21-12-6-4-3-5-11(12)9-17(13(21)10-20)14(22)18-16(24)19-15(17)23/h3-6,13H,2,7-10H2,1H3,(H2,18,19,22,23,24). The Labute approximate surface area is 146 Å². The van der Waals surface area contributed by atoms with E-state index in [2.05, 4.69) is 33.4 Å². The van der Waals surface area contributed by atoms with E-state index >= 15 is 0 Å². The number of nitrogens with one attached hydrogen (secondary N) is 2. The fourth-order valence-corrected chi connectivity index (χ4v) is 4.41. The zero-order chi connectivity index (χ0) is 16.9. The summed E-state index contributed by atoms with van der Waals surface area (Å²) in [5, 5.41) is 5.47. The van der Waals surface area contributed by atoms with Gasteiger partial charge in [-0.15, -0.1) is 0 Å². The highest BCUT2D eigenvalue weighted by Gasteiger charge is 2.60. The number of likely N-dealkylation sites (N-methyl/N-ethyl adjacent to an activating group) is 1. The predicted molar refractivity (Wildman–Crippen MR) is 94.7 cm³/mol. The predicted octanol–water partition coefficient (Wildman–Crippen LogP) is 0.271. The number of benzene rings is 1. The maximum absolute atomic E-state index is 12.9. The molecule has 2 saturated heterocycles. The van der Waals surface area contributed by atoms with Gasteiger partial charge >= 0.3 is 0 Å². The fourth-order valence-electron chi connectivity index (χ4n) is 4.22. The van der Waals surface area contributed by atoms with Gasteiger partial charge in [0.05, 0.1) is 6.04 Å². The first-order valence-electron chi connectivity index (χ1n) is 8.30. The van der Waals surface area contributed by atoms with E-state index in [0.29, 0.717) is 13.0 Å². The van der Waals surface area contributed by atoms with Gasteiger partial charge < -0.3 is 15.5 Å². The lowest BCUT2D eigenvalue weighted by atomic mass is 9.68. The van der Waals surface area contributed by atoms with Crippen molar-refractivity contribution in [3.63, 3.8) is 0 Å². The van der Waals surface area contributed by atoms with Crippen LogP contribution < -0.4 is 15.5 Å². The molecule has 7 heteroatoms. The number of thiocarbonyl (C=S) groups is 1. The van der Waals surface area contributed by atoms with Gasteiger partial charge in [-0.3, -0.25) is 14.5 Å². The summed E-state index contributed by atoms with van der Waals surface area (Å²) in [7, 11) is 0. The Morgan fingerprint density at radius 3 is 2.62 bits per heavy atom. The van der Waals surface area contributed by atoms with Crippen LogP contribution in [0.25, 0.3) is 0 Å². The van der Waals surface area contributed by atoms with Gasteiger partial charge in [0.2, 0.25) is 11.8 Å². The maximum atomic E-state index is 12.9. The number of carbonyl (C=O) groups is 2. The molecule has 3 aliphatic rings. The lowest BCUT2D eigenvalue weighted by Crippen LogP contribution is -2.74. The molecule has 1 aromatic carbocycles. The molecular weight excluding hydrogens is 324 g/mol. The third-order valence-electron chi connectivity index (χ3n) is 5.52. The topological polar surface area (TPSA) is 64.7 Å². The molecule has 2 amide bonds. The number of hydrogen-bond donors (Lipinski definition) is 2. The Morgan fingerprint density at radius 1 is 1.21 bits per heavy atom. The van der Waals surface area contributed by atoms with Crippen molar-refractivity contribution in [3.8, 4) is 0 Å². The highest BCUT2D eigenvalue weighted by atomic mass is 32.1. The molecule has 1 spiro atoms. The van der Waals surface area contributed by atoms with Crippen LogP contribution in [0.15, 0.2) is 24.3 Å². The Morgan fingerprint density at radius 2 is 1.92 bits per heavy atom. The highest BCUT2D eigenvalue weighted by Crippen LogP contribution is 2.44. The summed E-state index contributed by atoms with van der Waals surface area (Å²) in [6.45, 7) is 5.44. The minimum absolute atomic E-state index is 0.101. The van der Waals surface area contributed by atoms with Crippen LogP contribution in [0.5, 0.6) is 0 Å². The number of piperazine rings is 1. The number of anilines is 1. The van der Waals surface area contributed by atoms with Crippen LogP contribution in [0.4, 0.5) is 5.69 Å². The molecule has 1 atom stereocenters. The van der Waals surface area contributed by atoms with Crippen LogP contribution in [0.2, 0.25) is 0 Å². The molecule has 1 aromatic rings. The quantitative estimate of drug-likeness (QED) is 0.566. The number of fused-ring (bicyclic) bond motifs is 4. The molecule has 6 nitrogen and oxygen atoms in total. The molecule has 2 fully saturated rings. The van der Waals surface area contributed by atoms with Crippen molar-refractivity contribution in [3.05, 3.63) is 29.8 Å². The third-order valence-corrected chi connectivity index (χ3v) is 5.72. The van der Waals surface area contributed by atoms with Crippen molar-refractivity contribution in [2.24, 2.45) is 5.41 Å². The molecule has 0 aliphatic carbocycles. The van der Waals surface area contributed by atoms with E-state index in [-0.39, 0.29) is 23.0 Å². The normalized spacial score (nSPS) is 25.8. The molecule has 126 valence electrons. The second kappa shape index (κ2) is 5.53. The van der Waals surface area contributed by atoms with Gasteiger partial charge in [-0.2, -0.15) is 0 Å². The molecule has 2 N–H and O–H groups in total. The molecule has 0 saturated carbocycles. The number of rotatable bonds is 1. The number of para-hydroxylation sites is 1. The Kier molecular flexibility index (Phi) is 3.58. The van der Waals surface area contributed by atoms with Crippen LogP contribution in [-0.2, 0) is 16.0 Å². The van der Waals surface area contributed by atoms with Gasteiger partial charge in [0.25, 0.3) is 0 Å². The van der Waals surface area contributed by atoms with Gasteiger partial charge in [0.1, 0.15) is 0 Å². The van der Waals surface area contributed by atoms with Crippen molar-refractivity contribution >= 4 is 34.8 Å². The minimum Gasteiger partial charge on any atom is -0.364 e. The summed E-state index contributed by atoms with van der Waals surface area (Å²) < 4.78 is 0. The molecule has 0 radical (unpaired) electrons. The van der Waals surface area contributed by atoms with Gasteiger partial charge in [-0.1, -0.05) is 25.1 Å². The zero-order valence-electron chi connectivity index (χ0n) is 13.5. The lowest BCUT2D eigenvalue weighted by molar-refractivity contribution is -0.146. The average molecular weight is 344 g/mol. The van der Waals surface area contributed by atoms with Crippen molar-refractivity contribution in [2.75, 3.05) is 31.1 Å². The first-order chi connectivity index (χ1) is 11.6. The molecule has 0 bridgehead atoms. The van der Waals surface area contributed by atoms with Crippen LogP contribution in [0, 0.1) is 5.41 Å². The molecular formula is C17H20N4O2S. The van der Waals surface area contributed by atoms with Crippen LogP contribution >= 0.6 is 12.2 Å². The van der Waals surface area contributed by atoms with Gasteiger partial charge in [0, 0.05) is 25.3 Å². The maximum Gasteiger partial charge on any atom is 0.244 e. The van der Waals surface area contributed by atoms with Crippen molar-refractivity contribution < 1.29 is 9.59 Å². The Hall–Kier alpha value is -1.99. The van der Waals surface area contributed by atoms with E-state index in [1.165, 1.54) is 0 Å². The van der Waals surface area contributed by atoms with E-state index in [9.17, 15) is 9.59 Å². The fraction of sp³-hybridized carbons (Fsp3) is 0.471. The van der Waals surface area contributed by atoms with E-state index in [4.69, 9.17) is 12.2 Å². The second-order valence-electron chi connectivity index (χ2n) is 6.62. The van der Waals surface area contributed by atoms with E-state index in [1.54, 1.807) is 0 Å². The first kappa shape index (κ1) is 15.5. The smallest absolute Gasteiger partial charge is 0.244 e.